The summed E-state index contributed by atoms with van der Waals surface area (Å²) < 4.78 is 5.51. The van der Waals surface area contributed by atoms with Crippen molar-refractivity contribution in [2.45, 2.75) is 18.9 Å². The van der Waals surface area contributed by atoms with Gasteiger partial charge < -0.3 is 15.0 Å². The molecule has 2 atom stereocenters. The molecule has 0 spiro atoms. The van der Waals surface area contributed by atoms with Gasteiger partial charge in [0.2, 0.25) is 0 Å². The topological polar surface area (TPSA) is 75.7 Å². The summed E-state index contributed by atoms with van der Waals surface area (Å²) >= 11 is 0. The number of fused-ring (bicyclic) bond motifs is 1. The zero-order valence-electron chi connectivity index (χ0n) is 9.68. The maximum atomic E-state index is 5.51. The molecule has 2 aromatic heterocycles. The largest absolute Gasteiger partial charge is 0.379 e. The first kappa shape index (κ1) is 10.6. The van der Waals surface area contributed by atoms with Crippen LogP contribution in [0.2, 0.25) is 0 Å². The van der Waals surface area contributed by atoms with Crippen molar-refractivity contribution in [1.82, 2.24) is 25.3 Å². The van der Waals surface area contributed by atoms with Gasteiger partial charge in [-0.05, 0) is 6.54 Å². The van der Waals surface area contributed by atoms with Crippen molar-refractivity contribution in [1.29, 1.82) is 0 Å². The van der Waals surface area contributed by atoms with Crippen LogP contribution in [-0.4, -0.2) is 45.7 Å². The monoisotopic (exact) mass is 233 g/mol. The van der Waals surface area contributed by atoms with Gasteiger partial charge in [0.15, 0.2) is 5.65 Å². The van der Waals surface area contributed by atoms with Crippen LogP contribution in [0.15, 0.2) is 12.5 Å². The maximum absolute atomic E-state index is 5.51. The lowest BCUT2D eigenvalue weighted by Gasteiger charge is -2.15. The van der Waals surface area contributed by atoms with Crippen molar-refractivity contribution in [2.75, 3.05) is 19.8 Å². The summed E-state index contributed by atoms with van der Waals surface area (Å²) in [4.78, 5) is 15.9. The highest BCUT2D eigenvalue weighted by atomic mass is 16.5. The molecule has 2 unspecified atom stereocenters. The van der Waals surface area contributed by atoms with E-state index in [9.17, 15) is 0 Å². The lowest BCUT2D eigenvalue weighted by atomic mass is 10.0. The Hall–Kier alpha value is -1.53. The smallest absolute Gasteiger partial charge is 0.180 e. The number of H-pyrrole nitrogens is 1. The Morgan fingerprint density at radius 3 is 3.29 bits per heavy atom. The Bertz CT molecular complexity index is 478. The first-order valence-corrected chi connectivity index (χ1v) is 5.85. The summed E-state index contributed by atoms with van der Waals surface area (Å²) in [5.41, 5.74) is 1.60. The third-order valence-electron chi connectivity index (χ3n) is 3.08. The molecule has 17 heavy (non-hydrogen) atoms. The number of nitrogens with zero attached hydrogens (tertiary/aromatic N) is 3. The van der Waals surface area contributed by atoms with E-state index >= 15 is 0 Å². The van der Waals surface area contributed by atoms with Crippen LogP contribution in [0, 0.1) is 0 Å². The van der Waals surface area contributed by atoms with Gasteiger partial charge in [-0.15, -0.1) is 0 Å². The predicted molar refractivity (Wildman–Crippen MR) is 62.7 cm³/mol. The Balaban J connectivity index is 1.92. The van der Waals surface area contributed by atoms with Crippen LogP contribution in [0.25, 0.3) is 11.2 Å². The van der Waals surface area contributed by atoms with Gasteiger partial charge in [-0.1, -0.05) is 6.92 Å². The van der Waals surface area contributed by atoms with Crippen LogP contribution >= 0.6 is 0 Å². The molecule has 0 radical (unpaired) electrons. The SMILES string of the molecule is CCNC1COCC1c1nc2ncncc2[nH]1. The lowest BCUT2D eigenvalue weighted by molar-refractivity contribution is 0.187. The summed E-state index contributed by atoms with van der Waals surface area (Å²) in [6, 6.07) is 0.327. The summed E-state index contributed by atoms with van der Waals surface area (Å²) in [5, 5.41) is 3.42. The molecule has 2 N–H and O–H groups in total. The summed E-state index contributed by atoms with van der Waals surface area (Å²) in [7, 11) is 0. The van der Waals surface area contributed by atoms with Gasteiger partial charge in [-0.3, -0.25) is 0 Å². The number of rotatable bonds is 3. The number of aromatic nitrogens is 4. The molecule has 1 saturated heterocycles. The average Bonchev–Trinajstić information content (AvgIpc) is 2.94. The van der Waals surface area contributed by atoms with E-state index in [1.807, 2.05) is 0 Å². The molecule has 2 aromatic rings. The number of hydrogen-bond acceptors (Lipinski definition) is 5. The molecule has 0 saturated carbocycles. The average molecular weight is 233 g/mol. The summed E-state index contributed by atoms with van der Waals surface area (Å²) in [6.45, 7) is 4.47. The van der Waals surface area contributed by atoms with E-state index in [0.717, 1.165) is 30.1 Å². The van der Waals surface area contributed by atoms with Crippen molar-refractivity contribution in [2.24, 2.45) is 0 Å². The van der Waals surface area contributed by atoms with E-state index in [4.69, 9.17) is 4.74 Å². The van der Waals surface area contributed by atoms with E-state index < -0.39 is 0 Å². The van der Waals surface area contributed by atoms with Crippen LogP contribution in [0.3, 0.4) is 0 Å². The zero-order chi connectivity index (χ0) is 11.7. The number of nitrogens with one attached hydrogen (secondary N) is 2. The highest BCUT2D eigenvalue weighted by Crippen LogP contribution is 2.24. The molecule has 1 aliphatic heterocycles. The molecule has 0 aromatic carbocycles. The second kappa shape index (κ2) is 4.38. The highest BCUT2D eigenvalue weighted by Gasteiger charge is 2.31. The van der Waals surface area contributed by atoms with E-state index in [2.05, 4.69) is 32.2 Å². The van der Waals surface area contributed by atoms with Gasteiger partial charge in [0.05, 0.1) is 25.3 Å². The minimum absolute atomic E-state index is 0.268. The van der Waals surface area contributed by atoms with Gasteiger partial charge in [0.25, 0.3) is 0 Å². The third-order valence-corrected chi connectivity index (χ3v) is 3.08. The molecule has 90 valence electrons. The maximum Gasteiger partial charge on any atom is 0.180 e. The van der Waals surface area contributed by atoms with Crippen LogP contribution in [0.4, 0.5) is 0 Å². The van der Waals surface area contributed by atoms with Crippen molar-refractivity contribution in [3.8, 4) is 0 Å². The number of likely N-dealkylation sites (N-methyl/N-ethyl adjacent to an activating group) is 1. The van der Waals surface area contributed by atoms with Gasteiger partial charge in [0, 0.05) is 6.04 Å². The summed E-state index contributed by atoms with van der Waals surface area (Å²) in [6.07, 6.45) is 3.26. The first-order valence-electron chi connectivity index (χ1n) is 5.85. The van der Waals surface area contributed by atoms with Crippen LogP contribution in [-0.2, 0) is 4.74 Å². The molecule has 0 bridgehead atoms. The first-order chi connectivity index (χ1) is 8.38. The highest BCUT2D eigenvalue weighted by molar-refractivity contribution is 5.68. The quantitative estimate of drug-likeness (QED) is 0.804. The summed E-state index contributed by atoms with van der Waals surface area (Å²) in [5.74, 6) is 1.20. The number of imidazole rings is 1. The fourth-order valence-corrected chi connectivity index (χ4v) is 2.24. The van der Waals surface area contributed by atoms with Crippen LogP contribution in [0.5, 0.6) is 0 Å². The fourth-order valence-electron chi connectivity index (χ4n) is 2.24. The van der Waals surface area contributed by atoms with Crippen molar-refractivity contribution in [3.05, 3.63) is 18.3 Å². The van der Waals surface area contributed by atoms with E-state index in [-0.39, 0.29) is 5.92 Å². The van der Waals surface area contributed by atoms with Crippen molar-refractivity contribution in [3.63, 3.8) is 0 Å². The molecule has 6 heteroatoms. The fraction of sp³-hybridized carbons (Fsp3) is 0.545. The third kappa shape index (κ3) is 1.89. The molecule has 6 nitrogen and oxygen atoms in total. The van der Waals surface area contributed by atoms with Gasteiger partial charge >= 0.3 is 0 Å². The Morgan fingerprint density at radius 2 is 2.47 bits per heavy atom. The van der Waals surface area contributed by atoms with Gasteiger partial charge in [0.1, 0.15) is 17.7 Å². The Morgan fingerprint density at radius 1 is 1.53 bits per heavy atom. The molecule has 3 rings (SSSR count). The molecule has 0 aliphatic carbocycles. The second-order valence-corrected chi connectivity index (χ2v) is 4.19. The number of ether oxygens (including phenoxy) is 1. The van der Waals surface area contributed by atoms with Crippen LogP contribution in [0.1, 0.15) is 18.7 Å². The molecule has 3 heterocycles. The minimum Gasteiger partial charge on any atom is -0.379 e. The molecule has 0 amide bonds. The van der Waals surface area contributed by atoms with Crippen molar-refractivity contribution >= 4 is 11.2 Å². The van der Waals surface area contributed by atoms with E-state index in [0.29, 0.717) is 12.6 Å². The second-order valence-electron chi connectivity index (χ2n) is 4.19. The molecule has 1 aliphatic rings. The zero-order valence-corrected chi connectivity index (χ0v) is 9.68. The number of aromatic amines is 1. The van der Waals surface area contributed by atoms with E-state index in [1.54, 1.807) is 6.20 Å². The Labute approximate surface area is 98.8 Å². The van der Waals surface area contributed by atoms with Crippen LogP contribution < -0.4 is 5.32 Å². The van der Waals surface area contributed by atoms with E-state index in [1.165, 1.54) is 6.33 Å². The predicted octanol–water partition coefficient (Wildman–Crippen LogP) is 0.445. The molecular weight excluding hydrogens is 218 g/mol. The molecular formula is C11H15N5O. The lowest BCUT2D eigenvalue weighted by Crippen LogP contribution is -2.34. The number of hydrogen-bond donors (Lipinski definition) is 2. The minimum atomic E-state index is 0.268. The molecule has 1 fully saturated rings. The Kier molecular flexibility index (Phi) is 2.74. The van der Waals surface area contributed by atoms with Gasteiger partial charge in [-0.25, -0.2) is 15.0 Å². The standard InChI is InChI=1S/C11H15N5O/c1-2-13-9-5-17-4-7(9)10-15-8-3-12-6-14-11(8)16-10/h3,6-7,9,13H,2,4-5H2,1H3,(H,12,14,15,16). The van der Waals surface area contributed by atoms with Crippen molar-refractivity contribution < 1.29 is 4.74 Å². The van der Waals surface area contributed by atoms with Gasteiger partial charge in [-0.2, -0.15) is 0 Å². The normalized spacial score (nSPS) is 24.5.